The molecule has 0 aromatic rings. The fourth-order valence-electron chi connectivity index (χ4n) is 1.45. The quantitative estimate of drug-likeness (QED) is 0.632. The minimum Gasteiger partial charge on any atom is -0.469 e. The molecule has 0 aromatic carbocycles. The number of methoxy groups -OCH3 is 1. The van der Waals surface area contributed by atoms with Gasteiger partial charge in [0.25, 0.3) is 0 Å². The van der Waals surface area contributed by atoms with E-state index in [9.17, 15) is 4.79 Å². The third-order valence-electron chi connectivity index (χ3n) is 2.86. The van der Waals surface area contributed by atoms with E-state index >= 15 is 0 Å². The molecule has 1 aliphatic rings. The Hall–Kier alpha value is -0.610. The molecule has 1 heterocycles. The molecule has 1 aliphatic heterocycles. The van der Waals surface area contributed by atoms with Crippen molar-refractivity contribution in [1.29, 1.82) is 0 Å². The second kappa shape index (κ2) is 3.27. The van der Waals surface area contributed by atoms with Crippen molar-refractivity contribution in [1.82, 2.24) is 0 Å². The molecule has 4 heteroatoms. The number of rotatable bonds is 2. The third kappa shape index (κ3) is 1.84. The first-order valence-corrected chi connectivity index (χ1v) is 4.35. The predicted octanol–water partition coefficient (Wildman–Crippen LogP) is 0.303. The van der Waals surface area contributed by atoms with Gasteiger partial charge in [0.15, 0.2) is 0 Å². The highest BCUT2D eigenvalue weighted by atomic mass is 16.5. The second-order valence-electron chi connectivity index (χ2n) is 4.29. The van der Waals surface area contributed by atoms with E-state index in [1.54, 1.807) is 0 Å². The third-order valence-corrected chi connectivity index (χ3v) is 2.86. The van der Waals surface area contributed by atoms with Gasteiger partial charge in [-0.25, -0.2) is 0 Å². The smallest absolute Gasteiger partial charge is 0.307 e. The summed E-state index contributed by atoms with van der Waals surface area (Å²) in [6, 6.07) is 0. The van der Waals surface area contributed by atoms with Crippen molar-refractivity contribution in [3.8, 4) is 0 Å². The highest BCUT2D eigenvalue weighted by molar-refractivity contribution is 5.71. The monoisotopic (exact) mass is 187 g/mol. The highest BCUT2D eigenvalue weighted by Crippen LogP contribution is 2.37. The molecule has 0 bridgehead atoms. The number of carbonyl (C=O) groups is 1. The Bertz CT molecular complexity index is 215. The summed E-state index contributed by atoms with van der Waals surface area (Å²) in [5.41, 5.74) is 5.34. The molecular formula is C9H17NO3. The molecule has 2 N–H and O–H groups in total. The fraction of sp³-hybridized carbons (Fsp3) is 0.889. The Morgan fingerprint density at radius 1 is 1.54 bits per heavy atom. The topological polar surface area (TPSA) is 61.5 Å². The number of carbonyl (C=O) groups excluding carboxylic acids is 1. The van der Waals surface area contributed by atoms with E-state index in [0.29, 0.717) is 13.2 Å². The zero-order valence-electron chi connectivity index (χ0n) is 8.42. The molecule has 13 heavy (non-hydrogen) atoms. The standard InChI is InChI=1S/C9H17NO3/c1-8(2)5-13-6-9(8,10)4-7(11)12-3/h4-6,10H2,1-3H3. The number of nitrogens with two attached hydrogens (primary N) is 1. The van der Waals surface area contributed by atoms with Crippen molar-refractivity contribution in [3.63, 3.8) is 0 Å². The summed E-state index contributed by atoms with van der Waals surface area (Å²) in [6.07, 6.45) is 0.219. The summed E-state index contributed by atoms with van der Waals surface area (Å²) in [5, 5.41) is 0. The lowest BCUT2D eigenvalue weighted by Gasteiger charge is -2.34. The molecule has 76 valence electrons. The molecule has 0 radical (unpaired) electrons. The van der Waals surface area contributed by atoms with Crippen molar-refractivity contribution < 1.29 is 14.3 Å². The number of hydrogen-bond acceptors (Lipinski definition) is 4. The lowest BCUT2D eigenvalue weighted by Crippen LogP contribution is -2.53. The van der Waals surface area contributed by atoms with Gasteiger partial charge in [0.2, 0.25) is 0 Å². The van der Waals surface area contributed by atoms with Crippen LogP contribution < -0.4 is 5.73 Å². The van der Waals surface area contributed by atoms with Crippen LogP contribution in [0.3, 0.4) is 0 Å². The summed E-state index contributed by atoms with van der Waals surface area (Å²) in [5.74, 6) is -0.277. The van der Waals surface area contributed by atoms with Gasteiger partial charge < -0.3 is 15.2 Å². The molecule has 1 rings (SSSR count). The van der Waals surface area contributed by atoms with E-state index in [1.807, 2.05) is 13.8 Å². The van der Waals surface area contributed by atoms with E-state index in [-0.39, 0.29) is 17.8 Å². The van der Waals surface area contributed by atoms with Crippen molar-refractivity contribution >= 4 is 5.97 Å². The van der Waals surface area contributed by atoms with Crippen molar-refractivity contribution in [2.24, 2.45) is 11.1 Å². The maximum absolute atomic E-state index is 11.1. The van der Waals surface area contributed by atoms with E-state index in [2.05, 4.69) is 4.74 Å². The van der Waals surface area contributed by atoms with Crippen molar-refractivity contribution in [3.05, 3.63) is 0 Å². The predicted molar refractivity (Wildman–Crippen MR) is 48.2 cm³/mol. The minimum absolute atomic E-state index is 0.165. The first kappa shape index (κ1) is 10.5. The first-order chi connectivity index (χ1) is 5.91. The molecule has 0 saturated carbocycles. The van der Waals surface area contributed by atoms with Crippen molar-refractivity contribution in [2.75, 3.05) is 20.3 Å². The molecule has 0 aromatic heterocycles. The van der Waals surface area contributed by atoms with Crippen LogP contribution in [0.25, 0.3) is 0 Å². The van der Waals surface area contributed by atoms with Crippen LogP contribution in [-0.2, 0) is 14.3 Å². The van der Waals surface area contributed by atoms with Crippen LogP contribution >= 0.6 is 0 Å². The molecule has 4 nitrogen and oxygen atoms in total. The summed E-state index contributed by atoms with van der Waals surface area (Å²) in [6.45, 7) is 5.03. The van der Waals surface area contributed by atoms with Gasteiger partial charge in [-0.05, 0) is 0 Å². The van der Waals surface area contributed by atoms with Gasteiger partial charge in [-0.2, -0.15) is 0 Å². The molecule has 1 fully saturated rings. The highest BCUT2D eigenvalue weighted by Gasteiger charge is 2.48. The fourth-order valence-corrected chi connectivity index (χ4v) is 1.45. The molecule has 0 aliphatic carbocycles. The van der Waals surface area contributed by atoms with Gasteiger partial charge in [-0.1, -0.05) is 13.8 Å². The second-order valence-corrected chi connectivity index (χ2v) is 4.29. The maximum atomic E-state index is 11.1. The lowest BCUT2D eigenvalue weighted by atomic mass is 9.74. The first-order valence-electron chi connectivity index (χ1n) is 4.35. The SMILES string of the molecule is COC(=O)CC1(N)COCC1(C)C. The van der Waals surface area contributed by atoms with E-state index in [1.165, 1.54) is 7.11 Å². The molecule has 0 spiro atoms. The summed E-state index contributed by atoms with van der Waals surface area (Å²) in [7, 11) is 1.37. The summed E-state index contributed by atoms with van der Waals surface area (Å²) >= 11 is 0. The Morgan fingerprint density at radius 2 is 2.15 bits per heavy atom. The van der Waals surface area contributed by atoms with Gasteiger partial charge in [0.05, 0.1) is 32.3 Å². The van der Waals surface area contributed by atoms with Gasteiger partial charge in [-0.3, -0.25) is 4.79 Å². The van der Waals surface area contributed by atoms with Crippen LogP contribution in [0.4, 0.5) is 0 Å². The average Bonchev–Trinajstić information content (AvgIpc) is 2.26. The minimum atomic E-state index is -0.583. The number of hydrogen-bond donors (Lipinski definition) is 1. The van der Waals surface area contributed by atoms with Crippen molar-refractivity contribution in [2.45, 2.75) is 25.8 Å². The molecule has 1 unspecified atom stereocenters. The van der Waals surface area contributed by atoms with E-state index in [4.69, 9.17) is 10.5 Å². The molecule has 1 saturated heterocycles. The van der Waals surface area contributed by atoms with Crippen LogP contribution in [0.2, 0.25) is 0 Å². The maximum Gasteiger partial charge on any atom is 0.307 e. The average molecular weight is 187 g/mol. The Labute approximate surface area is 78.4 Å². The van der Waals surface area contributed by atoms with Gasteiger partial charge >= 0.3 is 5.97 Å². The van der Waals surface area contributed by atoms with Gasteiger partial charge in [0, 0.05) is 5.41 Å². The van der Waals surface area contributed by atoms with E-state index < -0.39 is 5.54 Å². The number of esters is 1. The summed E-state index contributed by atoms with van der Waals surface area (Å²) < 4.78 is 9.88. The lowest BCUT2D eigenvalue weighted by molar-refractivity contribution is -0.142. The van der Waals surface area contributed by atoms with Crippen LogP contribution in [0, 0.1) is 5.41 Å². The largest absolute Gasteiger partial charge is 0.469 e. The Kier molecular flexibility index (Phi) is 2.63. The summed E-state index contributed by atoms with van der Waals surface area (Å²) in [4.78, 5) is 11.1. The molecule has 0 amide bonds. The van der Waals surface area contributed by atoms with Crippen LogP contribution in [0.15, 0.2) is 0 Å². The normalized spacial score (nSPS) is 31.7. The van der Waals surface area contributed by atoms with Crippen LogP contribution in [-0.4, -0.2) is 31.8 Å². The zero-order chi connectivity index (χ0) is 10.1. The number of ether oxygens (including phenoxy) is 2. The zero-order valence-corrected chi connectivity index (χ0v) is 8.42. The Morgan fingerprint density at radius 3 is 2.54 bits per heavy atom. The molecule has 1 atom stereocenters. The van der Waals surface area contributed by atoms with E-state index in [0.717, 1.165) is 0 Å². The molecular weight excluding hydrogens is 170 g/mol. The van der Waals surface area contributed by atoms with Crippen LogP contribution in [0.5, 0.6) is 0 Å². The van der Waals surface area contributed by atoms with Gasteiger partial charge in [0.1, 0.15) is 0 Å². The van der Waals surface area contributed by atoms with Crippen LogP contribution in [0.1, 0.15) is 20.3 Å². The van der Waals surface area contributed by atoms with Gasteiger partial charge in [-0.15, -0.1) is 0 Å². The Balaban J connectivity index is 2.70.